The third-order valence-corrected chi connectivity index (χ3v) is 10.1. The lowest BCUT2D eigenvalue weighted by atomic mass is 10.3. The zero-order chi connectivity index (χ0) is 19.4. The molecule has 0 aromatic heterocycles. The van der Waals surface area contributed by atoms with Crippen molar-refractivity contribution in [2.24, 2.45) is 0 Å². The van der Waals surface area contributed by atoms with Crippen LogP contribution in [0.3, 0.4) is 0 Å². The van der Waals surface area contributed by atoms with Crippen LogP contribution >= 0.6 is 7.26 Å². The molecule has 4 rings (SSSR count). The molecule has 0 spiro atoms. The number of hydrogen-bond donors (Lipinski definition) is 0. The molecule has 3 heteroatoms. The minimum atomic E-state index is -1.73. The van der Waals surface area contributed by atoms with Crippen molar-refractivity contribution in [3.8, 4) is 16.9 Å². The second kappa shape index (κ2) is 8.45. The van der Waals surface area contributed by atoms with Gasteiger partial charge < -0.3 is 4.74 Å². The van der Waals surface area contributed by atoms with E-state index >= 15 is 0 Å². The monoisotopic (exact) mass is 393 g/mol. The highest BCUT2D eigenvalue weighted by molar-refractivity contribution is 7.96. The van der Waals surface area contributed by atoms with Crippen molar-refractivity contribution in [3.63, 3.8) is 0 Å². The zero-order valence-electron chi connectivity index (χ0n) is 16.4. The van der Waals surface area contributed by atoms with E-state index in [-0.39, 0.29) is 6.61 Å². The molecule has 0 fully saturated rings. The zero-order valence-corrected chi connectivity index (χ0v) is 17.3. The van der Waals surface area contributed by atoms with Crippen LogP contribution in [0, 0.1) is 0 Å². The van der Waals surface area contributed by atoms with Gasteiger partial charge >= 0.3 is 0 Å². The van der Waals surface area contributed by atoms with Gasteiger partial charge in [0.2, 0.25) is 0 Å². The van der Waals surface area contributed by atoms with E-state index in [0.29, 0.717) is 0 Å². The van der Waals surface area contributed by atoms with Crippen LogP contribution in [-0.2, 0) is 0 Å². The fourth-order valence-electron chi connectivity index (χ4n) is 4.11. The van der Waals surface area contributed by atoms with E-state index < -0.39 is 13.9 Å². The molecule has 0 aliphatic heterocycles. The maximum Gasteiger partial charge on any atom is 0.123 e. The molecule has 0 bridgehead atoms. The normalized spacial score (nSPS) is 13.8. The molecule has 0 amide bonds. The smallest absolute Gasteiger partial charge is 0.123 e. The van der Waals surface area contributed by atoms with E-state index in [1.807, 2.05) is 12.1 Å². The molecule has 2 aromatic carbocycles. The molecule has 0 radical (unpaired) electrons. The highest BCUT2D eigenvalue weighted by atomic mass is 31.2. The quantitative estimate of drug-likeness (QED) is 0.255. The Morgan fingerprint density at radius 3 is 2.21 bits per heavy atom. The lowest BCUT2D eigenvalue weighted by Crippen LogP contribution is -2.33. The predicted octanol–water partition coefficient (Wildman–Crippen LogP) is 5.50. The first-order chi connectivity index (χ1) is 13.8. The summed E-state index contributed by atoms with van der Waals surface area (Å²) in [6, 6.07) is 26.4. The Morgan fingerprint density at radius 1 is 0.857 bits per heavy atom. The van der Waals surface area contributed by atoms with E-state index in [1.54, 1.807) is 0 Å². The van der Waals surface area contributed by atoms with E-state index in [4.69, 9.17) is 4.74 Å². The molecule has 0 saturated carbocycles. The van der Waals surface area contributed by atoms with Crippen LogP contribution < -0.4 is 20.7 Å². The Balaban J connectivity index is 1.81. The third kappa shape index (κ3) is 3.59. The van der Waals surface area contributed by atoms with Gasteiger partial charge in [-0.15, -0.1) is 0 Å². The molecule has 2 aromatic rings. The highest BCUT2D eigenvalue weighted by Gasteiger charge is 2.48. The van der Waals surface area contributed by atoms with Crippen LogP contribution in [0.4, 0.5) is 4.39 Å². The standard InChI is InChI=1S/C25H27FOP/c1-2-3-7-18-28(22-8-5-4-6-9-22,25-15-10-20-19-24(20)25)23-13-11-21(12-14-23)27-17-16-26/h4-6,8-15,19H,2-3,7,16-18H2,1H3/q+1. The topological polar surface area (TPSA) is 9.23 Å². The SMILES string of the molecule is CCCCC[P+](c1ccccc1)(c1ccc(OCCF)cc1)c1ccc2cc1-2. The molecule has 2 aliphatic carbocycles. The largest absolute Gasteiger partial charge is 0.491 e. The van der Waals surface area contributed by atoms with Gasteiger partial charge in [0.05, 0.1) is 6.16 Å². The van der Waals surface area contributed by atoms with Crippen molar-refractivity contribution in [1.82, 2.24) is 0 Å². The number of ether oxygens (including phenoxy) is 1. The first-order valence-electron chi connectivity index (χ1n) is 10.2. The Hall–Kier alpha value is -2.18. The summed E-state index contributed by atoms with van der Waals surface area (Å²) < 4.78 is 17.9. The van der Waals surface area contributed by atoms with Crippen LogP contribution in [-0.4, -0.2) is 19.4 Å². The van der Waals surface area contributed by atoms with E-state index in [1.165, 1.54) is 52.5 Å². The van der Waals surface area contributed by atoms with E-state index in [9.17, 15) is 4.39 Å². The number of alkyl halides is 1. The second-order valence-corrected chi connectivity index (χ2v) is 10.9. The number of hydrogen-bond acceptors (Lipinski definition) is 1. The molecular weight excluding hydrogens is 366 g/mol. The molecule has 28 heavy (non-hydrogen) atoms. The minimum Gasteiger partial charge on any atom is -0.491 e. The van der Waals surface area contributed by atoms with Crippen LogP contribution in [0.15, 0.2) is 72.8 Å². The van der Waals surface area contributed by atoms with Crippen LogP contribution in [0.5, 0.6) is 5.75 Å². The maximum absolute atomic E-state index is 12.5. The number of benzene rings is 3. The van der Waals surface area contributed by atoms with Crippen LogP contribution in [0.25, 0.3) is 11.1 Å². The number of unbranched alkanes of at least 4 members (excludes halogenated alkanes) is 2. The Bertz CT molecular complexity index is 923. The predicted molar refractivity (Wildman–Crippen MR) is 120 cm³/mol. The Labute approximate surface area is 167 Å². The van der Waals surface area contributed by atoms with Gasteiger partial charge in [-0.2, -0.15) is 0 Å². The van der Waals surface area contributed by atoms with Gasteiger partial charge in [0, 0.05) is 5.56 Å². The summed E-state index contributed by atoms with van der Waals surface area (Å²) in [5.41, 5.74) is 2.85. The van der Waals surface area contributed by atoms with E-state index in [2.05, 4.69) is 67.6 Å². The van der Waals surface area contributed by atoms with Gasteiger partial charge in [-0.05, 0) is 60.5 Å². The van der Waals surface area contributed by atoms with Crippen LogP contribution in [0.1, 0.15) is 26.2 Å². The van der Waals surface area contributed by atoms with Gasteiger partial charge in [0.15, 0.2) is 0 Å². The first-order valence-corrected chi connectivity index (χ1v) is 12.1. The molecule has 1 unspecified atom stereocenters. The third-order valence-electron chi connectivity index (χ3n) is 5.55. The van der Waals surface area contributed by atoms with Crippen molar-refractivity contribution in [1.29, 1.82) is 0 Å². The average molecular weight is 393 g/mol. The molecule has 144 valence electrons. The van der Waals surface area contributed by atoms with Crippen molar-refractivity contribution in [2.75, 3.05) is 19.4 Å². The van der Waals surface area contributed by atoms with Gasteiger partial charge in [0.1, 0.15) is 42.2 Å². The average Bonchev–Trinajstić information content (AvgIpc) is 3.41. The van der Waals surface area contributed by atoms with Crippen molar-refractivity contribution in [2.45, 2.75) is 26.2 Å². The van der Waals surface area contributed by atoms with Crippen molar-refractivity contribution in [3.05, 3.63) is 72.8 Å². The minimum absolute atomic E-state index is 0.111. The molecule has 1 nitrogen and oxygen atoms in total. The summed E-state index contributed by atoms with van der Waals surface area (Å²) in [6.07, 6.45) is 4.87. The fraction of sp³-hybridized carbons (Fsp3) is 0.280. The lowest BCUT2D eigenvalue weighted by molar-refractivity contribution is 0.273. The second-order valence-electron chi connectivity index (χ2n) is 7.34. The number of fused-ring (bicyclic) bond motifs is 1. The van der Waals surface area contributed by atoms with Gasteiger partial charge in [-0.3, -0.25) is 0 Å². The summed E-state index contributed by atoms with van der Waals surface area (Å²) in [5, 5.41) is 4.34. The van der Waals surface area contributed by atoms with Gasteiger partial charge in [-0.25, -0.2) is 4.39 Å². The molecule has 2 aliphatic rings. The fourth-order valence-corrected chi connectivity index (χ4v) is 8.69. The van der Waals surface area contributed by atoms with Gasteiger partial charge in [0.25, 0.3) is 0 Å². The number of halogens is 1. The number of rotatable bonds is 10. The molecule has 0 saturated heterocycles. The highest BCUT2D eigenvalue weighted by Crippen LogP contribution is 2.60. The Morgan fingerprint density at radius 2 is 1.61 bits per heavy atom. The van der Waals surface area contributed by atoms with Gasteiger partial charge in [-0.1, -0.05) is 44.0 Å². The molecule has 1 atom stereocenters. The molecular formula is C25H27FOP+. The van der Waals surface area contributed by atoms with E-state index in [0.717, 1.165) is 5.75 Å². The first kappa shape index (κ1) is 19.2. The summed E-state index contributed by atoms with van der Waals surface area (Å²) in [5.74, 6) is 0.742. The summed E-state index contributed by atoms with van der Waals surface area (Å²) in [4.78, 5) is 0. The Kier molecular flexibility index (Phi) is 5.78. The van der Waals surface area contributed by atoms with Crippen LogP contribution in [0.2, 0.25) is 0 Å². The summed E-state index contributed by atoms with van der Waals surface area (Å²) in [6.45, 7) is 1.91. The molecule has 0 heterocycles. The summed E-state index contributed by atoms with van der Waals surface area (Å²) in [7, 11) is -1.73. The van der Waals surface area contributed by atoms with Crippen molar-refractivity contribution < 1.29 is 9.13 Å². The van der Waals surface area contributed by atoms with Crippen molar-refractivity contribution >= 4 is 23.2 Å². The maximum atomic E-state index is 12.5. The molecule has 0 N–H and O–H groups in total. The summed E-state index contributed by atoms with van der Waals surface area (Å²) >= 11 is 0. The lowest BCUT2D eigenvalue weighted by Gasteiger charge is -2.27.